The molecule has 0 aliphatic rings. The summed E-state index contributed by atoms with van der Waals surface area (Å²) in [6.07, 6.45) is 0. The predicted octanol–water partition coefficient (Wildman–Crippen LogP) is 4.03. The number of halogens is 1. The molecular weight excluding hydrogens is 300 g/mol. The smallest absolute Gasteiger partial charge is 0.0244 e. The summed E-state index contributed by atoms with van der Waals surface area (Å²) in [5.74, 6) is 0.697. The van der Waals surface area contributed by atoms with E-state index in [-0.39, 0.29) is 0 Å². The Labute approximate surface area is 126 Å². The molecule has 0 fully saturated rings. The minimum absolute atomic E-state index is 0.569. The maximum absolute atomic E-state index is 3.69. The average molecular weight is 327 g/mol. The molecule has 0 bridgehead atoms. The van der Waals surface area contributed by atoms with Gasteiger partial charge < -0.3 is 5.32 Å². The van der Waals surface area contributed by atoms with Crippen LogP contribution in [0.25, 0.3) is 0 Å². The van der Waals surface area contributed by atoms with Crippen molar-refractivity contribution in [1.82, 2.24) is 10.2 Å². The van der Waals surface area contributed by atoms with E-state index < -0.39 is 0 Å². The number of hydrogen-bond acceptors (Lipinski definition) is 2. The largest absolute Gasteiger partial charge is 0.312 e. The van der Waals surface area contributed by atoms with Crippen molar-refractivity contribution in [3.63, 3.8) is 0 Å². The Bertz CT molecular complexity index is 388. The van der Waals surface area contributed by atoms with Crippen molar-refractivity contribution in [1.29, 1.82) is 0 Å². The fourth-order valence-electron chi connectivity index (χ4n) is 1.79. The molecule has 1 rings (SSSR count). The van der Waals surface area contributed by atoms with Gasteiger partial charge in [-0.3, -0.25) is 4.90 Å². The molecule has 0 aromatic heterocycles. The second-order valence-corrected chi connectivity index (χ2v) is 6.81. The summed E-state index contributed by atoms with van der Waals surface area (Å²) in [5.41, 5.74) is 2.69. The molecule has 0 amide bonds. The zero-order chi connectivity index (χ0) is 14.4. The van der Waals surface area contributed by atoms with E-state index in [1.54, 1.807) is 0 Å². The number of hydrogen-bond donors (Lipinski definition) is 1. The summed E-state index contributed by atoms with van der Waals surface area (Å²) in [5, 5.41) is 3.48. The van der Waals surface area contributed by atoms with E-state index in [1.807, 2.05) is 0 Å². The molecule has 0 radical (unpaired) electrons. The minimum atomic E-state index is 0.569. The predicted molar refractivity (Wildman–Crippen MR) is 87.3 cm³/mol. The molecule has 3 heteroatoms. The fourth-order valence-corrected chi connectivity index (χ4v) is 2.34. The van der Waals surface area contributed by atoms with E-state index in [0.717, 1.165) is 19.6 Å². The van der Waals surface area contributed by atoms with Crippen LogP contribution in [0, 0.1) is 5.92 Å². The summed E-state index contributed by atoms with van der Waals surface area (Å²) in [4.78, 5) is 2.34. The van der Waals surface area contributed by atoms with E-state index in [9.17, 15) is 0 Å². The quantitative estimate of drug-likeness (QED) is 0.813. The van der Waals surface area contributed by atoms with Gasteiger partial charge in [0.1, 0.15) is 0 Å². The van der Waals surface area contributed by atoms with Crippen LogP contribution in [0.15, 0.2) is 22.7 Å². The van der Waals surface area contributed by atoms with Crippen LogP contribution in [0.5, 0.6) is 0 Å². The summed E-state index contributed by atoms with van der Waals surface area (Å²) < 4.78 is 1.21. The molecule has 0 unspecified atom stereocenters. The monoisotopic (exact) mass is 326 g/mol. The first-order valence-corrected chi connectivity index (χ1v) is 7.87. The van der Waals surface area contributed by atoms with E-state index in [4.69, 9.17) is 0 Å². The molecule has 0 atom stereocenters. The Kier molecular flexibility index (Phi) is 7.05. The Morgan fingerprint density at radius 3 is 2.42 bits per heavy atom. The summed E-state index contributed by atoms with van der Waals surface area (Å²) in [6, 6.07) is 7.26. The van der Waals surface area contributed by atoms with Crippen molar-refractivity contribution in [2.24, 2.45) is 5.92 Å². The molecule has 0 saturated heterocycles. The van der Waals surface area contributed by atoms with E-state index in [1.165, 1.54) is 15.6 Å². The van der Waals surface area contributed by atoms with Crippen molar-refractivity contribution in [2.45, 2.75) is 46.8 Å². The van der Waals surface area contributed by atoms with Gasteiger partial charge in [-0.05, 0) is 50.6 Å². The lowest BCUT2D eigenvalue weighted by Crippen LogP contribution is -2.25. The minimum Gasteiger partial charge on any atom is -0.312 e. The van der Waals surface area contributed by atoms with Crippen molar-refractivity contribution in [3.8, 4) is 0 Å². The Morgan fingerprint density at radius 2 is 1.89 bits per heavy atom. The van der Waals surface area contributed by atoms with Gasteiger partial charge in [0.2, 0.25) is 0 Å². The second kappa shape index (κ2) is 8.03. The number of nitrogens with one attached hydrogen (secondary N) is 1. The molecule has 1 aromatic carbocycles. The molecule has 2 nitrogen and oxygen atoms in total. The van der Waals surface area contributed by atoms with Gasteiger partial charge >= 0.3 is 0 Å². The molecule has 0 heterocycles. The Morgan fingerprint density at radius 1 is 1.21 bits per heavy atom. The van der Waals surface area contributed by atoms with Gasteiger partial charge in [-0.25, -0.2) is 0 Å². The van der Waals surface area contributed by atoms with Crippen LogP contribution < -0.4 is 5.32 Å². The number of nitrogens with zero attached hydrogens (tertiary/aromatic N) is 1. The molecular formula is C16H27BrN2. The zero-order valence-corrected chi connectivity index (χ0v) is 14.4. The van der Waals surface area contributed by atoms with Gasteiger partial charge in [0, 0.05) is 23.6 Å². The molecule has 108 valence electrons. The standard InChI is InChI=1S/C16H27BrN2/c1-12(2)9-18-10-14-6-7-15(16(17)8-14)11-19(5)13(3)4/h6-8,12-13,18H,9-11H2,1-5H3. The average Bonchev–Trinajstić information content (AvgIpc) is 2.31. The topological polar surface area (TPSA) is 15.3 Å². The molecule has 1 N–H and O–H groups in total. The maximum Gasteiger partial charge on any atom is 0.0244 e. The first kappa shape index (κ1) is 16.7. The highest BCUT2D eigenvalue weighted by molar-refractivity contribution is 9.10. The van der Waals surface area contributed by atoms with Crippen LogP contribution >= 0.6 is 15.9 Å². The number of benzene rings is 1. The van der Waals surface area contributed by atoms with Crippen LogP contribution in [0.2, 0.25) is 0 Å². The van der Waals surface area contributed by atoms with Gasteiger partial charge in [-0.1, -0.05) is 41.9 Å². The third-order valence-corrected chi connectivity index (χ3v) is 4.04. The van der Waals surface area contributed by atoms with Crippen LogP contribution in [0.3, 0.4) is 0 Å². The van der Waals surface area contributed by atoms with Crippen LogP contribution in [0.1, 0.15) is 38.8 Å². The highest BCUT2D eigenvalue weighted by atomic mass is 79.9. The lowest BCUT2D eigenvalue weighted by atomic mass is 10.1. The molecule has 0 spiro atoms. The van der Waals surface area contributed by atoms with Crippen molar-refractivity contribution < 1.29 is 0 Å². The Hall–Kier alpha value is -0.380. The molecule has 1 aromatic rings. The SMILES string of the molecule is CC(C)CNCc1ccc(CN(C)C(C)C)c(Br)c1. The van der Waals surface area contributed by atoms with Crippen LogP contribution in [-0.2, 0) is 13.1 Å². The Balaban J connectivity index is 2.59. The number of rotatable bonds is 7. The van der Waals surface area contributed by atoms with E-state index in [0.29, 0.717) is 12.0 Å². The van der Waals surface area contributed by atoms with E-state index in [2.05, 4.69) is 79.1 Å². The van der Waals surface area contributed by atoms with E-state index >= 15 is 0 Å². The molecule has 0 aliphatic heterocycles. The lowest BCUT2D eigenvalue weighted by Gasteiger charge is -2.22. The van der Waals surface area contributed by atoms with Gasteiger partial charge in [0.15, 0.2) is 0 Å². The van der Waals surface area contributed by atoms with Gasteiger partial charge in [-0.15, -0.1) is 0 Å². The first-order valence-electron chi connectivity index (χ1n) is 7.08. The van der Waals surface area contributed by atoms with Crippen molar-refractivity contribution in [3.05, 3.63) is 33.8 Å². The van der Waals surface area contributed by atoms with Crippen molar-refractivity contribution >= 4 is 15.9 Å². The van der Waals surface area contributed by atoms with Crippen LogP contribution in [-0.4, -0.2) is 24.5 Å². The maximum atomic E-state index is 3.69. The molecule has 19 heavy (non-hydrogen) atoms. The second-order valence-electron chi connectivity index (χ2n) is 5.96. The first-order chi connectivity index (χ1) is 8.90. The van der Waals surface area contributed by atoms with Gasteiger partial charge in [0.25, 0.3) is 0 Å². The molecule has 0 aliphatic carbocycles. The third-order valence-electron chi connectivity index (χ3n) is 3.30. The van der Waals surface area contributed by atoms with Crippen molar-refractivity contribution in [2.75, 3.05) is 13.6 Å². The summed E-state index contributed by atoms with van der Waals surface area (Å²) in [6.45, 7) is 11.9. The normalized spacial score (nSPS) is 11.8. The zero-order valence-electron chi connectivity index (χ0n) is 12.8. The summed E-state index contributed by atoms with van der Waals surface area (Å²) >= 11 is 3.69. The van der Waals surface area contributed by atoms with Gasteiger partial charge in [-0.2, -0.15) is 0 Å². The highest BCUT2D eigenvalue weighted by Gasteiger charge is 2.07. The fraction of sp³-hybridized carbons (Fsp3) is 0.625. The highest BCUT2D eigenvalue weighted by Crippen LogP contribution is 2.20. The van der Waals surface area contributed by atoms with Crippen LogP contribution in [0.4, 0.5) is 0 Å². The summed E-state index contributed by atoms with van der Waals surface area (Å²) in [7, 11) is 2.16. The lowest BCUT2D eigenvalue weighted by molar-refractivity contribution is 0.265. The van der Waals surface area contributed by atoms with Gasteiger partial charge in [0.05, 0.1) is 0 Å². The molecule has 0 saturated carbocycles. The third kappa shape index (κ3) is 6.07.